The number of amidine groups is 1. The molecule has 2 saturated heterocycles. The van der Waals surface area contributed by atoms with Crippen LogP contribution in [0.15, 0.2) is 29.6 Å². The van der Waals surface area contributed by atoms with Gasteiger partial charge in [-0.1, -0.05) is 33.4 Å². The Morgan fingerprint density at radius 1 is 1.28 bits per heavy atom. The molecule has 0 N–H and O–H groups in total. The van der Waals surface area contributed by atoms with E-state index in [1.165, 1.54) is 19.2 Å². The van der Waals surface area contributed by atoms with Gasteiger partial charge in [0.25, 0.3) is 0 Å². The first-order valence-corrected chi connectivity index (χ1v) is 11.9. The Hall–Kier alpha value is -1.57. The van der Waals surface area contributed by atoms with Crippen molar-refractivity contribution in [1.82, 2.24) is 14.7 Å². The first-order chi connectivity index (χ1) is 15.1. The molecule has 0 aliphatic carbocycles. The number of amides is 1. The van der Waals surface area contributed by atoms with Gasteiger partial charge in [0.15, 0.2) is 11.7 Å². The molecule has 2 rings (SSSR count). The summed E-state index contributed by atoms with van der Waals surface area (Å²) in [6, 6.07) is 0. The number of hydrogen-bond donors (Lipinski definition) is 0. The molecular weight excluding hydrogens is 407 g/mol. The van der Waals surface area contributed by atoms with Crippen molar-refractivity contribution in [3.63, 3.8) is 0 Å². The van der Waals surface area contributed by atoms with Crippen LogP contribution < -0.4 is 0 Å². The molecule has 1 atom stereocenters. The van der Waals surface area contributed by atoms with Gasteiger partial charge in [-0.25, -0.2) is 4.39 Å². The van der Waals surface area contributed by atoms with Crippen LogP contribution in [-0.2, 0) is 9.53 Å². The number of ether oxygens (including phenoxy) is 1. The number of rotatable bonds is 8. The Morgan fingerprint density at radius 3 is 2.44 bits per heavy atom. The molecule has 2 heterocycles. The molecule has 2 aliphatic heterocycles. The lowest BCUT2D eigenvalue weighted by Gasteiger charge is -2.54. The smallest absolute Gasteiger partial charge is 0.227 e. The second-order valence-electron chi connectivity index (χ2n) is 10.1. The fraction of sp³-hybridized carbons (Fsp3) is 0.760. The summed E-state index contributed by atoms with van der Waals surface area (Å²) in [4.78, 5) is 23.8. The first kappa shape index (κ1) is 26.7. The molecular formula is C25H43FN4O2. The number of allylic oxidation sites excluding steroid dienone is 2. The number of piperazine rings is 1. The normalized spacial score (nSPS) is 25.8. The predicted octanol–water partition coefficient (Wildman–Crippen LogP) is 3.89. The summed E-state index contributed by atoms with van der Waals surface area (Å²) in [5.74, 6) is 0.0601. The maximum absolute atomic E-state index is 14.9. The van der Waals surface area contributed by atoms with E-state index in [0.29, 0.717) is 25.5 Å². The molecule has 0 radical (unpaired) electrons. The highest BCUT2D eigenvalue weighted by Gasteiger charge is 2.48. The van der Waals surface area contributed by atoms with Gasteiger partial charge in [0, 0.05) is 64.9 Å². The van der Waals surface area contributed by atoms with Gasteiger partial charge >= 0.3 is 0 Å². The second-order valence-corrected chi connectivity index (χ2v) is 10.1. The second kappa shape index (κ2) is 11.5. The van der Waals surface area contributed by atoms with E-state index in [0.717, 1.165) is 45.6 Å². The van der Waals surface area contributed by atoms with Gasteiger partial charge in [0.05, 0.1) is 5.60 Å². The van der Waals surface area contributed by atoms with Crippen LogP contribution in [0, 0.1) is 5.92 Å². The molecule has 0 aromatic carbocycles. The molecule has 1 unspecified atom stereocenters. The molecule has 2 fully saturated rings. The van der Waals surface area contributed by atoms with Crippen molar-refractivity contribution in [2.75, 3.05) is 52.9 Å². The minimum atomic E-state index is -0.535. The van der Waals surface area contributed by atoms with Crippen LogP contribution in [0.2, 0.25) is 0 Å². The Morgan fingerprint density at radius 2 is 1.94 bits per heavy atom. The lowest BCUT2D eigenvalue weighted by Crippen LogP contribution is -2.66. The Labute approximate surface area is 194 Å². The molecule has 6 nitrogen and oxygen atoms in total. The maximum Gasteiger partial charge on any atom is 0.227 e. The third-order valence-electron chi connectivity index (χ3n) is 6.48. The summed E-state index contributed by atoms with van der Waals surface area (Å²) in [6.07, 6.45) is 4.53. The molecule has 1 amide bonds. The topological polar surface area (TPSA) is 48.4 Å². The van der Waals surface area contributed by atoms with Crippen molar-refractivity contribution in [3.05, 3.63) is 24.6 Å². The van der Waals surface area contributed by atoms with Crippen molar-refractivity contribution in [3.8, 4) is 0 Å². The lowest BCUT2D eigenvalue weighted by atomic mass is 9.78. The monoisotopic (exact) mass is 450 g/mol. The van der Waals surface area contributed by atoms with Gasteiger partial charge in [-0.05, 0) is 38.7 Å². The van der Waals surface area contributed by atoms with Crippen molar-refractivity contribution in [1.29, 1.82) is 0 Å². The van der Waals surface area contributed by atoms with E-state index in [4.69, 9.17) is 4.74 Å². The van der Waals surface area contributed by atoms with E-state index in [9.17, 15) is 9.18 Å². The summed E-state index contributed by atoms with van der Waals surface area (Å²) in [6.45, 7) is 20.1. The van der Waals surface area contributed by atoms with Crippen LogP contribution >= 0.6 is 0 Å². The zero-order valence-electron chi connectivity index (χ0n) is 21.0. The van der Waals surface area contributed by atoms with E-state index in [2.05, 4.69) is 49.1 Å². The minimum Gasteiger partial charge on any atom is -0.375 e. The van der Waals surface area contributed by atoms with Crippen LogP contribution in [0.4, 0.5) is 4.39 Å². The van der Waals surface area contributed by atoms with Crippen LogP contribution in [0.3, 0.4) is 0 Å². The quantitative estimate of drug-likeness (QED) is 0.320. The average Bonchev–Trinajstić information content (AvgIpc) is 2.72. The lowest BCUT2D eigenvalue weighted by molar-refractivity contribution is -0.142. The number of hydrogen-bond acceptors (Lipinski definition) is 5. The first-order valence-electron chi connectivity index (χ1n) is 11.9. The molecule has 182 valence electrons. The Kier molecular flexibility index (Phi) is 9.61. The third kappa shape index (κ3) is 6.72. The van der Waals surface area contributed by atoms with Gasteiger partial charge in [0.2, 0.25) is 5.91 Å². The molecule has 32 heavy (non-hydrogen) atoms. The van der Waals surface area contributed by atoms with Crippen molar-refractivity contribution >= 4 is 11.7 Å². The summed E-state index contributed by atoms with van der Waals surface area (Å²) in [5.41, 5.74) is -0.603. The van der Waals surface area contributed by atoms with E-state index < -0.39 is 5.83 Å². The molecule has 0 aromatic heterocycles. The fourth-order valence-electron chi connectivity index (χ4n) is 5.18. The predicted molar refractivity (Wildman–Crippen MR) is 130 cm³/mol. The van der Waals surface area contributed by atoms with Gasteiger partial charge in [0.1, 0.15) is 0 Å². The van der Waals surface area contributed by atoms with Crippen LogP contribution in [0.1, 0.15) is 53.9 Å². The van der Waals surface area contributed by atoms with Gasteiger partial charge in [-0.3, -0.25) is 19.6 Å². The number of aliphatic imine (C=N–C) groups is 1. The molecule has 0 saturated carbocycles. The summed E-state index contributed by atoms with van der Waals surface area (Å²) < 4.78 is 20.9. The molecule has 0 spiro atoms. The van der Waals surface area contributed by atoms with Crippen LogP contribution in [-0.4, -0.2) is 90.5 Å². The maximum atomic E-state index is 14.9. The van der Waals surface area contributed by atoms with Gasteiger partial charge in [-0.15, -0.1) is 0 Å². The van der Waals surface area contributed by atoms with Gasteiger partial charge in [-0.2, -0.15) is 0 Å². The van der Waals surface area contributed by atoms with Crippen LogP contribution in [0.25, 0.3) is 0 Å². The summed E-state index contributed by atoms with van der Waals surface area (Å²) in [7, 11) is 1.53. The Balaban J connectivity index is 2.37. The summed E-state index contributed by atoms with van der Waals surface area (Å²) >= 11 is 0. The van der Waals surface area contributed by atoms with Crippen molar-refractivity contribution in [2.45, 2.75) is 65.0 Å². The van der Waals surface area contributed by atoms with E-state index in [-0.39, 0.29) is 22.9 Å². The van der Waals surface area contributed by atoms with Crippen LogP contribution in [0.5, 0.6) is 0 Å². The largest absolute Gasteiger partial charge is 0.375 e. The molecule has 7 heteroatoms. The number of halogens is 1. The zero-order chi connectivity index (χ0) is 23.9. The highest BCUT2D eigenvalue weighted by atomic mass is 19.1. The Bertz CT molecular complexity index is 711. The summed E-state index contributed by atoms with van der Waals surface area (Å²) in [5, 5.41) is 0. The van der Waals surface area contributed by atoms with Crippen molar-refractivity contribution in [2.24, 2.45) is 10.9 Å². The third-order valence-corrected chi connectivity index (χ3v) is 6.48. The van der Waals surface area contributed by atoms with E-state index in [1.807, 2.05) is 6.92 Å². The average molecular weight is 451 g/mol. The molecule has 2 aliphatic rings. The SMILES string of the molecule is C=C/C=C(/F)C(=NC)N(CC1(N2CCN(CC(C)C)CC2)CCOC(C)(C)C1)C(=O)CC. The van der Waals surface area contributed by atoms with E-state index >= 15 is 0 Å². The number of carbonyl (C=O) groups is 1. The highest BCUT2D eigenvalue weighted by molar-refractivity contribution is 6.06. The van der Waals surface area contributed by atoms with E-state index in [1.54, 1.807) is 4.90 Å². The molecule has 0 aromatic rings. The number of carbonyl (C=O) groups excluding carboxylic acids is 1. The van der Waals surface area contributed by atoms with Gasteiger partial charge < -0.3 is 9.64 Å². The highest BCUT2D eigenvalue weighted by Crippen LogP contribution is 2.38. The zero-order valence-corrected chi connectivity index (χ0v) is 21.0. The molecule has 0 bridgehead atoms. The minimum absolute atomic E-state index is 0.0823. The van der Waals surface area contributed by atoms with Crippen molar-refractivity contribution < 1.29 is 13.9 Å². The standard InChI is InChI=1S/C25H43FN4O2/c1-8-10-21(26)23(27-7)30(22(31)9-2)19-25(11-16-32-24(5,6)18-25)29-14-12-28(13-15-29)17-20(3)4/h8,10,20H,1,9,11-19H2,2-7H3/b21-10+,27-23?. The number of nitrogens with zero attached hydrogens (tertiary/aromatic N) is 4. The fourth-order valence-corrected chi connectivity index (χ4v) is 5.18.